The number of hydrogen-bond acceptors (Lipinski definition) is 4. The Morgan fingerprint density at radius 2 is 2.75 bits per heavy atom. The third kappa shape index (κ3) is 0.959. The normalized spacial score (nSPS) is 23.2. The average Bonchev–Trinajstić information content (AvgIpc) is 1.90. The van der Waals surface area contributed by atoms with Crippen molar-refractivity contribution in [3.05, 3.63) is 0 Å². The fourth-order valence-electron chi connectivity index (χ4n) is 0.438. The van der Waals surface area contributed by atoms with Gasteiger partial charge in [-0.2, -0.15) is 0 Å². The molecule has 0 saturated carbocycles. The quantitative estimate of drug-likeness (QED) is 0.272. The SMILES string of the molecule is O/[15N]=C1/C=NCCO1. The van der Waals surface area contributed by atoms with Crippen molar-refractivity contribution in [3.8, 4) is 0 Å². The Hall–Kier alpha value is -1.06. The highest BCUT2D eigenvalue weighted by Crippen LogP contribution is 1.85. The van der Waals surface area contributed by atoms with E-state index in [0.717, 1.165) is 0 Å². The fourth-order valence-corrected chi connectivity index (χ4v) is 0.438. The first-order valence-corrected chi connectivity index (χ1v) is 2.28. The zero-order valence-electron chi connectivity index (χ0n) is 4.24. The largest absolute Gasteiger partial charge is 0.473 e. The van der Waals surface area contributed by atoms with Gasteiger partial charge in [0.25, 0.3) is 5.90 Å². The van der Waals surface area contributed by atoms with Crippen LogP contribution in [0.4, 0.5) is 0 Å². The summed E-state index contributed by atoms with van der Waals surface area (Å²) in [6.45, 7) is 1.16. The molecule has 0 atom stereocenters. The predicted molar refractivity (Wildman–Crippen MR) is 28.5 cm³/mol. The maximum atomic E-state index is 8.06. The van der Waals surface area contributed by atoms with Gasteiger partial charge in [0.1, 0.15) is 6.61 Å². The molecule has 0 aromatic carbocycles. The van der Waals surface area contributed by atoms with E-state index in [9.17, 15) is 0 Å². The van der Waals surface area contributed by atoms with Crippen LogP contribution in [0.1, 0.15) is 0 Å². The van der Waals surface area contributed by atoms with Gasteiger partial charge in [-0.3, -0.25) is 4.99 Å². The molecule has 1 aliphatic heterocycles. The molecule has 0 radical (unpaired) electrons. The van der Waals surface area contributed by atoms with Gasteiger partial charge in [0, 0.05) is 0 Å². The molecule has 1 N–H and O–H groups in total. The number of aliphatic imine (C=N–C) groups is 1. The minimum atomic E-state index is 0.191. The van der Waals surface area contributed by atoms with E-state index in [0.29, 0.717) is 13.2 Å². The first kappa shape index (κ1) is 5.08. The van der Waals surface area contributed by atoms with Gasteiger partial charge >= 0.3 is 0 Å². The third-order valence-corrected chi connectivity index (χ3v) is 0.771. The lowest BCUT2D eigenvalue weighted by molar-refractivity contribution is 0.262. The van der Waals surface area contributed by atoms with Crippen molar-refractivity contribution in [2.45, 2.75) is 0 Å². The summed E-state index contributed by atoms with van der Waals surface area (Å²) in [5.41, 5.74) is 0. The van der Waals surface area contributed by atoms with E-state index in [-0.39, 0.29) is 5.90 Å². The summed E-state index contributed by atoms with van der Waals surface area (Å²) in [6.07, 6.45) is 1.39. The van der Waals surface area contributed by atoms with Crippen LogP contribution in [0, 0.1) is 0 Å². The molecule has 1 aliphatic rings. The first-order valence-electron chi connectivity index (χ1n) is 2.28. The highest BCUT2D eigenvalue weighted by molar-refractivity contribution is 6.26. The van der Waals surface area contributed by atoms with Crippen molar-refractivity contribution < 1.29 is 9.94 Å². The number of rotatable bonds is 0. The van der Waals surface area contributed by atoms with E-state index in [4.69, 9.17) is 9.94 Å². The van der Waals surface area contributed by atoms with Crippen molar-refractivity contribution in [2.24, 2.45) is 10.1 Å². The molecule has 0 aromatic heterocycles. The Balaban J connectivity index is 2.56. The van der Waals surface area contributed by atoms with Crippen molar-refractivity contribution in [2.75, 3.05) is 13.2 Å². The van der Waals surface area contributed by atoms with E-state index in [1.165, 1.54) is 6.21 Å². The Labute approximate surface area is 46.5 Å². The summed E-state index contributed by atoms with van der Waals surface area (Å²) < 4.78 is 4.78. The molecule has 0 fully saturated rings. The molecule has 0 bridgehead atoms. The molecule has 4 heteroatoms. The molecule has 44 valence electrons. The molecular weight excluding hydrogens is 109 g/mol. The van der Waals surface area contributed by atoms with Crippen LogP contribution in [0.3, 0.4) is 0 Å². The monoisotopic (exact) mass is 115 g/mol. The lowest BCUT2D eigenvalue weighted by Crippen LogP contribution is -2.14. The van der Waals surface area contributed by atoms with Crippen molar-refractivity contribution in [1.82, 2.24) is 0 Å². The molecule has 0 aliphatic carbocycles. The Kier molecular flexibility index (Phi) is 1.46. The summed E-state index contributed by atoms with van der Waals surface area (Å²) in [5.74, 6) is 0.191. The molecule has 0 aromatic rings. The highest BCUT2D eigenvalue weighted by atomic mass is 16.7. The van der Waals surface area contributed by atoms with Gasteiger partial charge in [-0.05, 0) is 5.16 Å². The number of hydrogen-bond donors (Lipinski definition) is 1. The van der Waals surface area contributed by atoms with Gasteiger partial charge in [-0.15, -0.1) is 0 Å². The maximum Gasteiger partial charge on any atom is 0.268 e. The molecule has 0 spiro atoms. The highest BCUT2D eigenvalue weighted by Gasteiger charge is 1.99. The topological polar surface area (TPSA) is 54.2 Å². The lowest BCUT2D eigenvalue weighted by Gasteiger charge is -2.04. The van der Waals surface area contributed by atoms with Gasteiger partial charge in [0.2, 0.25) is 0 Å². The number of oxime groups is 1. The summed E-state index contributed by atoms with van der Waals surface area (Å²) in [4.78, 5) is 3.79. The van der Waals surface area contributed by atoms with Gasteiger partial charge in [-0.25, -0.2) is 0 Å². The van der Waals surface area contributed by atoms with Crippen LogP contribution >= 0.6 is 0 Å². The van der Waals surface area contributed by atoms with Crippen LogP contribution in [0.15, 0.2) is 10.1 Å². The van der Waals surface area contributed by atoms with Crippen LogP contribution in [0.25, 0.3) is 0 Å². The van der Waals surface area contributed by atoms with Gasteiger partial charge in [0.15, 0.2) is 0 Å². The second kappa shape index (κ2) is 2.30. The molecule has 0 saturated heterocycles. The molecular formula is C4H6N2O2. The zero-order valence-corrected chi connectivity index (χ0v) is 4.24. The van der Waals surface area contributed by atoms with Crippen LogP contribution in [0.5, 0.6) is 0 Å². The maximum absolute atomic E-state index is 8.06. The van der Waals surface area contributed by atoms with Crippen LogP contribution < -0.4 is 0 Å². The number of ether oxygens (including phenoxy) is 1. The van der Waals surface area contributed by atoms with E-state index in [2.05, 4.69) is 10.1 Å². The second-order valence-corrected chi connectivity index (χ2v) is 1.32. The minimum absolute atomic E-state index is 0.191. The Morgan fingerprint density at radius 1 is 1.88 bits per heavy atom. The molecule has 1 rings (SSSR count). The van der Waals surface area contributed by atoms with Crippen LogP contribution in [-0.4, -0.2) is 30.5 Å². The van der Waals surface area contributed by atoms with Crippen molar-refractivity contribution >= 4 is 12.1 Å². The van der Waals surface area contributed by atoms with Gasteiger partial charge in [-0.1, -0.05) is 0 Å². The summed E-state index contributed by atoms with van der Waals surface area (Å²) in [5, 5.41) is 10.9. The van der Waals surface area contributed by atoms with Gasteiger partial charge in [0.05, 0.1) is 12.8 Å². The minimum Gasteiger partial charge on any atom is -0.473 e. The van der Waals surface area contributed by atoms with E-state index >= 15 is 0 Å². The predicted octanol–water partition coefficient (Wildman–Crippen LogP) is -0.125. The van der Waals surface area contributed by atoms with Crippen molar-refractivity contribution in [1.29, 1.82) is 0 Å². The van der Waals surface area contributed by atoms with E-state index < -0.39 is 0 Å². The molecule has 1 heterocycles. The molecule has 4 nitrogen and oxygen atoms in total. The zero-order chi connectivity index (χ0) is 5.82. The fraction of sp³-hybridized carbons (Fsp3) is 0.500. The lowest BCUT2D eigenvalue weighted by atomic mass is 10.6. The van der Waals surface area contributed by atoms with Crippen LogP contribution in [0.2, 0.25) is 0 Å². The summed E-state index contributed by atoms with van der Waals surface area (Å²) >= 11 is 0. The Bertz CT molecular complexity index is 130. The number of nitrogens with zero attached hydrogens (tertiary/aromatic N) is 2. The smallest absolute Gasteiger partial charge is 0.268 e. The Morgan fingerprint density at radius 3 is 3.12 bits per heavy atom. The average molecular weight is 115 g/mol. The standard InChI is InChI=1S/C4H6N2O2/c7-6-4-3-5-1-2-8-4/h3,7H,1-2H2/b6-4-/i6+1. The summed E-state index contributed by atoms with van der Waals surface area (Å²) in [6, 6.07) is 0. The van der Waals surface area contributed by atoms with E-state index in [1.54, 1.807) is 0 Å². The second-order valence-electron chi connectivity index (χ2n) is 1.32. The molecule has 8 heavy (non-hydrogen) atoms. The van der Waals surface area contributed by atoms with Gasteiger partial charge < -0.3 is 9.94 Å². The first-order chi connectivity index (χ1) is 3.93. The van der Waals surface area contributed by atoms with E-state index in [1.807, 2.05) is 0 Å². The summed E-state index contributed by atoms with van der Waals surface area (Å²) in [7, 11) is 0. The third-order valence-electron chi connectivity index (χ3n) is 0.771. The van der Waals surface area contributed by atoms with Crippen molar-refractivity contribution in [3.63, 3.8) is 0 Å². The molecule has 0 unspecified atom stereocenters. The van der Waals surface area contributed by atoms with Crippen LogP contribution in [-0.2, 0) is 4.74 Å². The molecule has 0 amide bonds.